The Hall–Kier alpha value is -2.76. The van der Waals surface area contributed by atoms with Crippen molar-refractivity contribution in [2.45, 2.75) is 58.0 Å². The van der Waals surface area contributed by atoms with E-state index < -0.39 is 15.7 Å². The number of nitrogens with zero attached hydrogens (tertiary/aromatic N) is 5. The maximum absolute atomic E-state index is 13.5. The molecule has 2 aromatic heterocycles. The Bertz CT molecular complexity index is 1360. The Morgan fingerprint density at radius 3 is 2.44 bits per heavy atom. The molecule has 10 nitrogen and oxygen atoms in total. The first-order valence-corrected chi connectivity index (χ1v) is 12.7. The quantitative estimate of drug-likeness (QED) is 0.459. The monoisotopic (exact) mass is 490 g/mol. The number of ether oxygens (including phenoxy) is 1. The van der Waals surface area contributed by atoms with Crippen LogP contribution >= 0.6 is 0 Å². The Morgan fingerprint density at radius 1 is 1.18 bits per heavy atom. The summed E-state index contributed by atoms with van der Waals surface area (Å²) in [6.45, 7) is 9.64. The maximum atomic E-state index is 13.5. The molecule has 0 unspecified atom stereocenters. The number of hydrogen-bond donors (Lipinski definition) is 1. The second-order valence-corrected chi connectivity index (χ2v) is 10.8. The summed E-state index contributed by atoms with van der Waals surface area (Å²) in [5.41, 5.74) is 0.233. The molecule has 3 rings (SSSR count). The van der Waals surface area contributed by atoms with E-state index >= 15 is 0 Å². The lowest BCUT2D eigenvalue weighted by Crippen LogP contribution is -2.54. The van der Waals surface area contributed by atoms with Gasteiger partial charge in [-0.05, 0) is 66.4 Å². The molecule has 186 valence electrons. The molecule has 2 heterocycles. The summed E-state index contributed by atoms with van der Waals surface area (Å²) in [7, 11) is 1.31. The van der Waals surface area contributed by atoms with Gasteiger partial charge in [-0.3, -0.25) is 9.69 Å². The van der Waals surface area contributed by atoms with Gasteiger partial charge in [0.1, 0.15) is 11.6 Å². The number of sulfonamides is 1. The minimum Gasteiger partial charge on any atom is -0.493 e. The van der Waals surface area contributed by atoms with E-state index in [0.29, 0.717) is 41.4 Å². The Kier molecular flexibility index (Phi) is 7.20. The van der Waals surface area contributed by atoms with Crippen LogP contribution in [-0.4, -0.2) is 70.6 Å². The standard InChI is InChI=1S/C23H34N6O4S/c1-9-11-19-24-15(3)20-22(30)25-21(26-29(19)20)17-14-16(12-13-18(17)33-10-2)34(31,32)28(8)23(4,5)27(6)7/h12-14H,9-11H2,1-8H3,(H,25,26,30). The Morgan fingerprint density at radius 2 is 1.85 bits per heavy atom. The smallest absolute Gasteiger partial charge is 0.277 e. The SMILES string of the molecule is CCCc1nc(C)c2c(=O)[nH]c(-c3cc(S(=O)(=O)N(C)C(C)(C)N(C)C)ccc3OCC)nn12. The highest BCUT2D eigenvalue weighted by Crippen LogP contribution is 2.33. The van der Waals surface area contributed by atoms with Crippen molar-refractivity contribution in [3.05, 3.63) is 40.1 Å². The van der Waals surface area contributed by atoms with Crippen LogP contribution in [0.2, 0.25) is 0 Å². The summed E-state index contributed by atoms with van der Waals surface area (Å²) in [5.74, 6) is 1.31. The largest absolute Gasteiger partial charge is 0.493 e. The third kappa shape index (κ3) is 4.47. The van der Waals surface area contributed by atoms with Crippen molar-refractivity contribution in [2.24, 2.45) is 0 Å². The van der Waals surface area contributed by atoms with Crippen molar-refractivity contribution >= 4 is 15.5 Å². The predicted molar refractivity (Wildman–Crippen MR) is 132 cm³/mol. The number of aromatic nitrogens is 4. The fourth-order valence-electron chi connectivity index (χ4n) is 3.61. The fourth-order valence-corrected chi connectivity index (χ4v) is 5.19. The van der Waals surface area contributed by atoms with Crippen LogP contribution in [0, 0.1) is 6.92 Å². The predicted octanol–water partition coefficient (Wildman–Crippen LogP) is 2.66. The van der Waals surface area contributed by atoms with Crippen molar-refractivity contribution < 1.29 is 13.2 Å². The molecule has 0 saturated carbocycles. The summed E-state index contributed by atoms with van der Waals surface area (Å²) in [4.78, 5) is 22.1. The number of benzene rings is 1. The molecule has 0 amide bonds. The summed E-state index contributed by atoms with van der Waals surface area (Å²) < 4.78 is 35.6. The second-order valence-electron chi connectivity index (χ2n) is 8.88. The minimum atomic E-state index is -3.87. The summed E-state index contributed by atoms with van der Waals surface area (Å²) in [6, 6.07) is 4.60. The molecule has 0 atom stereocenters. The Balaban J connectivity index is 2.24. The van der Waals surface area contributed by atoms with E-state index in [9.17, 15) is 13.2 Å². The van der Waals surface area contributed by atoms with Crippen LogP contribution in [0.1, 0.15) is 45.6 Å². The third-order valence-electron chi connectivity index (χ3n) is 6.25. The molecule has 0 bridgehead atoms. The van der Waals surface area contributed by atoms with E-state index in [-0.39, 0.29) is 16.3 Å². The summed E-state index contributed by atoms with van der Waals surface area (Å²) in [5, 5.41) is 4.64. The number of aromatic amines is 1. The van der Waals surface area contributed by atoms with E-state index in [1.54, 1.807) is 24.6 Å². The number of aryl methyl sites for hydroxylation is 2. The van der Waals surface area contributed by atoms with Crippen LogP contribution in [-0.2, 0) is 16.4 Å². The lowest BCUT2D eigenvalue weighted by Gasteiger charge is -2.40. The number of nitrogens with one attached hydrogen (secondary N) is 1. The first kappa shape index (κ1) is 25.9. The van der Waals surface area contributed by atoms with E-state index in [1.165, 1.54) is 16.4 Å². The topological polar surface area (TPSA) is 113 Å². The van der Waals surface area contributed by atoms with Gasteiger partial charge in [-0.2, -0.15) is 4.31 Å². The molecule has 1 N–H and O–H groups in total. The van der Waals surface area contributed by atoms with Gasteiger partial charge < -0.3 is 9.72 Å². The van der Waals surface area contributed by atoms with Crippen molar-refractivity contribution in [3.8, 4) is 17.1 Å². The molecule has 0 aliphatic rings. The highest BCUT2D eigenvalue weighted by atomic mass is 32.2. The normalized spacial score (nSPS) is 12.8. The first-order chi connectivity index (χ1) is 15.9. The molecular formula is C23H34N6O4S. The van der Waals surface area contributed by atoms with Crippen LogP contribution in [0.4, 0.5) is 0 Å². The van der Waals surface area contributed by atoms with Crippen LogP contribution in [0.3, 0.4) is 0 Å². The molecule has 3 aromatic rings. The highest BCUT2D eigenvalue weighted by Gasteiger charge is 2.36. The molecule has 1 aromatic carbocycles. The second kappa shape index (κ2) is 9.47. The molecule has 0 fully saturated rings. The van der Waals surface area contributed by atoms with Crippen molar-refractivity contribution in [1.82, 2.24) is 28.8 Å². The number of rotatable bonds is 9. The average molecular weight is 491 g/mol. The average Bonchev–Trinajstić information content (AvgIpc) is 3.09. The first-order valence-electron chi connectivity index (χ1n) is 11.3. The molecule has 11 heteroatoms. The van der Waals surface area contributed by atoms with Gasteiger partial charge in [-0.25, -0.2) is 17.9 Å². The molecule has 0 radical (unpaired) electrons. The van der Waals surface area contributed by atoms with Crippen LogP contribution in [0.25, 0.3) is 16.9 Å². The zero-order valence-corrected chi connectivity index (χ0v) is 21.9. The number of imidazole rings is 1. The zero-order chi connectivity index (χ0) is 25.4. The van der Waals surface area contributed by atoms with Crippen molar-refractivity contribution in [1.29, 1.82) is 0 Å². The van der Waals surface area contributed by atoms with Gasteiger partial charge in [0.05, 0.1) is 28.4 Å². The van der Waals surface area contributed by atoms with Gasteiger partial charge in [0, 0.05) is 13.5 Å². The van der Waals surface area contributed by atoms with E-state index in [1.807, 2.05) is 46.7 Å². The third-order valence-corrected chi connectivity index (χ3v) is 8.26. The van der Waals surface area contributed by atoms with Gasteiger partial charge in [-0.1, -0.05) is 6.92 Å². The Labute approximate surface area is 200 Å². The highest BCUT2D eigenvalue weighted by molar-refractivity contribution is 7.89. The lowest BCUT2D eigenvalue weighted by molar-refractivity contribution is 0.0821. The van der Waals surface area contributed by atoms with Gasteiger partial charge in [0.25, 0.3) is 5.56 Å². The van der Waals surface area contributed by atoms with E-state index in [0.717, 1.165) is 6.42 Å². The zero-order valence-electron chi connectivity index (χ0n) is 21.1. The number of hydrogen-bond acceptors (Lipinski definition) is 7. The van der Waals surface area contributed by atoms with Gasteiger partial charge in [-0.15, -0.1) is 5.10 Å². The lowest BCUT2D eigenvalue weighted by atomic mass is 10.2. The number of fused-ring (bicyclic) bond motifs is 1. The molecular weight excluding hydrogens is 456 g/mol. The summed E-state index contributed by atoms with van der Waals surface area (Å²) in [6.07, 6.45) is 1.50. The van der Waals surface area contributed by atoms with Gasteiger partial charge in [0.15, 0.2) is 11.3 Å². The molecule has 34 heavy (non-hydrogen) atoms. The molecule has 0 aliphatic heterocycles. The van der Waals surface area contributed by atoms with Gasteiger partial charge in [0.2, 0.25) is 10.0 Å². The van der Waals surface area contributed by atoms with E-state index in [2.05, 4.69) is 15.1 Å². The number of H-pyrrole nitrogens is 1. The van der Waals surface area contributed by atoms with Crippen LogP contribution in [0.15, 0.2) is 27.9 Å². The van der Waals surface area contributed by atoms with Crippen molar-refractivity contribution in [2.75, 3.05) is 27.7 Å². The van der Waals surface area contributed by atoms with E-state index in [4.69, 9.17) is 4.74 Å². The molecule has 0 saturated heterocycles. The maximum Gasteiger partial charge on any atom is 0.277 e. The summed E-state index contributed by atoms with van der Waals surface area (Å²) >= 11 is 0. The molecule has 0 spiro atoms. The minimum absolute atomic E-state index is 0.0710. The van der Waals surface area contributed by atoms with Crippen LogP contribution in [0.5, 0.6) is 5.75 Å². The van der Waals surface area contributed by atoms with Gasteiger partial charge >= 0.3 is 0 Å². The van der Waals surface area contributed by atoms with Crippen LogP contribution < -0.4 is 10.3 Å². The van der Waals surface area contributed by atoms with Crippen molar-refractivity contribution in [3.63, 3.8) is 0 Å². The fraction of sp³-hybridized carbons (Fsp3) is 0.522. The molecule has 0 aliphatic carbocycles.